The Morgan fingerprint density at radius 1 is 0.422 bits per heavy atom. The topological polar surface area (TPSA) is 95.9 Å². The highest BCUT2D eigenvalue weighted by molar-refractivity contribution is 5.76. The van der Waals surface area contributed by atoms with E-state index >= 15 is 0 Å². The summed E-state index contributed by atoms with van der Waals surface area (Å²) < 4.78 is 5.48. The minimum Gasteiger partial charge on any atom is -0.466 e. The van der Waals surface area contributed by atoms with E-state index in [4.69, 9.17) is 4.74 Å². The van der Waals surface area contributed by atoms with E-state index in [0.29, 0.717) is 25.9 Å². The minimum atomic E-state index is -0.665. The smallest absolute Gasteiger partial charge is 0.305 e. The van der Waals surface area contributed by atoms with Gasteiger partial charge in [-0.15, -0.1) is 0 Å². The molecule has 0 saturated carbocycles. The molecule has 0 aliphatic carbocycles. The number of carbonyl (C=O) groups is 2. The van der Waals surface area contributed by atoms with Crippen molar-refractivity contribution in [1.29, 1.82) is 0 Å². The predicted octanol–water partition coefficient (Wildman–Crippen LogP) is 17.7. The lowest BCUT2D eigenvalue weighted by molar-refractivity contribution is -0.143. The van der Waals surface area contributed by atoms with Crippen molar-refractivity contribution in [3.8, 4) is 0 Å². The fourth-order valence-electron chi connectivity index (χ4n) is 9.11. The van der Waals surface area contributed by atoms with E-state index in [1.54, 1.807) is 0 Å². The fraction of sp³-hybridized carbons (Fsp3) is 0.931. The summed E-state index contributed by atoms with van der Waals surface area (Å²) in [6.45, 7) is 4.94. The molecular weight excluding hydrogens is 791 g/mol. The van der Waals surface area contributed by atoms with Gasteiger partial charge in [0.15, 0.2) is 0 Å². The third kappa shape index (κ3) is 50.0. The van der Waals surface area contributed by atoms with Crippen LogP contribution in [0.5, 0.6) is 0 Å². The maximum atomic E-state index is 12.4. The van der Waals surface area contributed by atoms with Crippen molar-refractivity contribution in [1.82, 2.24) is 5.32 Å². The fourth-order valence-corrected chi connectivity index (χ4v) is 9.11. The van der Waals surface area contributed by atoms with Crippen LogP contribution in [0.15, 0.2) is 12.2 Å². The number of rotatable bonds is 54. The molecule has 0 spiro atoms. The van der Waals surface area contributed by atoms with Gasteiger partial charge in [-0.1, -0.05) is 270 Å². The molecule has 0 saturated heterocycles. The van der Waals surface area contributed by atoms with E-state index < -0.39 is 12.1 Å². The summed E-state index contributed by atoms with van der Waals surface area (Å²) in [4.78, 5) is 24.4. The minimum absolute atomic E-state index is 0.0146. The molecule has 0 fully saturated rings. The van der Waals surface area contributed by atoms with E-state index in [2.05, 4.69) is 31.3 Å². The molecule has 0 aromatic heterocycles. The summed E-state index contributed by atoms with van der Waals surface area (Å²) in [6.07, 6.45) is 63.6. The van der Waals surface area contributed by atoms with Crippen molar-refractivity contribution >= 4 is 11.9 Å². The van der Waals surface area contributed by atoms with Crippen LogP contribution < -0.4 is 5.32 Å². The Morgan fingerprint density at radius 3 is 1.11 bits per heavy atom. The monoisotopic (exact) mass is 904 g/mol. The van der Waals surface area contributed by atoms with Gasteiger partial charge < -0.3 is 20.3 Å². The second-order valence-corrected chi connectivity index (χ2v) is 20.0. The van der Waals surface area contributed by atoms with Crippen LogP contribution in [0.1, 0.15) is 322 Å². The Kier molecular flexibility index (Phi) is 53.0. The van der Waals surface area contributed by atoms with Crippen LogP contribution in [0.3, 0.4) is 0 Å². The number of nitrogens with one attached hydrogen (secondary N) is 1. The van der Waals surface area contributed by atoms with Gasteiger partial charge in [0.05, 0.1) is 25.4 Å². The summed E-state index contributed by atoms with van der Waals surface area (Å²) in [6, 6.07) is -0.543. The van der Waals surface area contributed by atoms with E-state index in [0.717, 1.165) is 38.5 Å². The number of allylic oxidation sites excluding steroid dienone is 2. The maximum absolute atomic E-state index is 12.4. The lowest BCUT2D eigenvalue weighted by Crippen LogP contribution is -2.45. The SMILES string of the molecule is CCCCCCCCCCCCCCCCCC(=O)OCCCCCCCCCCCCCC/C=C\CCCCCCCCCC(=O)NC(CO)C(O)CCCCCCCCCCC. The largest absolute Gasteiger partial charge is 0.466 e. The molecular formula is C58H113NO5. The lowest BCUT2D eigenvalue weighted by atomic mass is 10.0. The van der Waals surface area contributed by atoms with E-state index in [-0.39, 0.29) is 18.5 Å². The Hall–Kier alpha value is -1.40. The molecule has 2 unspecified atom stereocenters. The van der Waals surface area contributed by atoms with Crippen molar-refractivity contribution < 1.29 is 24.5 Å². The summed E-state index contributed by atoms with van der Waals surface area (Å²) in [5.74, 6) is -0.0282. The van der Waals surface area contributed by atoms with Crippen molar-refractivity contribution in [3.05, 3.63) is 12.2 Å². The van der Waals surface area contributed by atoms with Crippen LogP contribution >= 0.6 is 0 Å². The molecule has 0 aromatic rings. The molecule has 6 heteroatoms. The Bertz CT molecular complexity index is 955. The molecule has 1 amide bonds. The van der Waals surface area contributed by atoms with Gasteiger partial charge in [0.25, 0.3) is 0 Å². The zero-order chi connectivity index (χ0) is 46.5. The number of esters is 1. The summed E-state index contributed by atoms with van der Waals surface area (Å²) in [7, 11) is 0. The maximum Gasteiger partial charge on any atom is 0.305 e. The number of unbranched alkanes of at least 4 members (excludes halogenated alkanes) is 41. The first-order valence-electron chi connectivity index (χ1n) is 28.9. The van der Waals surface area contributed by atoms with Crippen molar-refractivity contribution in [2.75, 3.05) is 13.2 Å². The molecule has 6 nitrogen and oxygen atoms in total. The normalized spacial score (nSPS) is 12.6. The molecule has 0 aromatic carbocycles. The Morgan fingerprint density at radius 2 is 0.734 bits per heavy atom. The average Bonchev–Trinajstić information content (AvgIpc) is 3.29. The number of aliphatic hydroxyl groups is 2. The summed E-state index contributed by atoms with van der Waals surface area (Å²) in [5, 5.41) is 23.1. The number of aliphatic hydroxyl groups excluding tert-OH is 2. The zero-order valence-electron chi connectivity index (χ0n) is 43.3. The van der Waals surface area contributed by atoms with Crippen LogP contribution in [-0.2, 0) is 14.3 Å². The standard InChI is InChI=1S/C58H113NO5/c1-3-5-7-9-11-13-14-15-25-29-32-36-40-44-48-52-58(63)64-53-49-45-41-37-33-30-27-24-22-20-18-16-17-19-21-23-26-28-31-35-39-43-47-51-57(62)59-55(54-60)56(61)50-46-42-38-34-12-10-8-6-4-2/h19,21,55-56,60-61H,3-18,20,22-54H2,1-2H3,(H,59,62)/b21-19-. The van der Waals surface area contributed by atoms with Gasteiger partial charge in [-0.25, -0.2) is 0 Å². The zero-order valence-corrected chi connectivity index (χ0v) is 43.3. The molecule has 0 bridgehead atoms. The first-order valence-corrected chi connectivity index (χ1v) is 28.9. The van der Waals surface area contributed by atoms with E-state index in [1.807, 2.05) is 0 Å². The number of hydrogen-bond donors (Lipinski definition) is 3. The van der Waals surface area contributed by atoms with Crippen LogP contribution in [0.4, 0.5) is 0 Å². The van der Waals surface area contributed by atoms with E-state index in [9.17, 15) is 19.8 Å². The molecule has 0 radical (unpaired) electrons. The quantitative estimate of drug-likeness (QED) is 0.0321. The second-order valence-electron chi connectivity index (χ2n) is 20.0. The van der Waals surface area contributed by atoms with Gasteiger partial charge in [-0.3, -0.25) is 9.59 Å². The summed E-state index contributed by atoms with van der Waals surface area (Å²) >= 11 is 0. The van der Waals surface area contributed by atoms with E-state index in [1.165, 1.54) is 250 Å². The van der Waals surface area contributed by atoms with Crippen LogP contribution in [0.25, 0.3) is 0 Å². The molecule has 0 rings (SSSR count). The van der Waals surface area contributed by atoms with Crippen LogP contribution in [0, 0.1) is 0 Å². The van der Waals surface area contributed by atoms with Gasteiger partial charge in [0.1, 0.15) is 0 Å². The Balaban J connectivity index is 3.36. The van der Waals surface area contributed by atoms with Gasteiger partial charge in [-0.05, 0) is 51.4 Å². The molecule has 0 aliphatic rings. The molecule has 2 atom stereocenters. The van der Waals surface area contributed by atoms with Gasteiger partial charge in [0, 0.05) is 12.8 Å². The molecule has 380 valence electrons. The first-order chi connectivity index (χ1) is 31.5. The second kappa shape index (κ2) is 54.2. The third-order valence-corrected chi connectivity index (χ3v) is 13.6. The Labute approximate surface area is 399 Å². The summed E-state index contributed by atoms with van der Waals surface area (Å²) in [5.41, 5.74) is 0. The highest BCUT2D eigenvalue weighted by Gasteiger charge is 2.20. The molecule has 64 heavy (non-hydrogen) atoms. The first kappa shape index (κ1) is 62.6. The van der Waals surface area contributed by atoms with Crippen LogP contribution in [0.2, 0.25) is 0 Å². The van der Waals surface area contributed by atoms with Crippen molar-refractivity contribution in [3.63, 3.8) is 0 Å². The molecule has 0 heterocycles. The molecule has 3 N–H and O–H groups in total. The van der Waals surface area contributed by atoms with Crippen molar-refractivity contribution in [2.45, 2.75) is 334 Å². The number of hydrogen-bond acceptors (Lipinski definition) is 5. The highest BCUT2D eigenvalue weighted by atomic mass is 16.5. The third-order valence-electron chi connectivity index (χ3n) is 13.6. The van der Waals surface area contributed by atoms with Crippen LogP contribution in [-0.4, -0.2) is 47.4 Å². The lowest BCUT2D eigenvalue weighted by Gasteiger charge is -2.22. The van der Waals surface area contributed by atoms with Gasteiger partial charge in [-0.2, -0.15) is 0 Å². The number of amides is 1. The predicted molar refractivity (Wildman–Crippen MR) is 278 cm³/mol. The van der Waals surface area contributed by atoms with Gasteiger partial charge >= 0.3 is 5.97 Å². The molecule has 0 aliphatic heterocycles. The average molecular weight is 905 g/mol. The number of carbonyl (C=O) groups excluding carboxylic acids is 2. The van der Waals surface area contributed by atoms with Crippen molar-refractivity contribution in [2.24, 2.45) is 0 Å². The highest BCUT2D eigenvalue weighted by Crippen LogP contribution is 2.17. The van der Waals surface area contributed by atoms with Gasteiger partial charge in [0.2, 0.25) is 5.91 Å². The number of ether oxygens (including phenoxy) is 1.